The third-order valence-electron chi connectivity index (χ3n) is 6.97. The largest absolute Gasteiger partial charge is 0.465 e. The van der Waals surface area contributed by atoms with Gasteiger partial charge in [-0.05, 0) is 77.0 Å². The number of carbonyl (C=O) groups excluding carboxylic acids is 1. The Balaban J connectivity index is 1.91. The lowest BCUT2D eigenvalue weighted by Crippen LogP contribution is -2.49. The monoisotopic (exact) mass is 662 g/mol. The zero-order valence-electron chi connectivity index (χ0n) is 20.8. The minimum absolute atomic E-state index is 0.0948. The molecule has 0 spiro atoms. The number of methoxy groups -OCH3 is 1. The SMILES string of the molecule is COC(=O)N(Cc1cc(C(F)(F)F)cc(C(F)(F)F)c1)[C@@H]1C[C@H](C2CC2)N(C(=O)O)c2c(Br)cc(C(F)(F)F)cc21. The Kier molecular flexibility index (Phi) is 7.95. The lowest BCUT2D eigenvalue weighted by molar-refractivity contribution is -0.143. The first-order chi connectivity index (χ1) is 18.8. The minimum atomic E-state index is -5.19. The van der Waals surface area contributed by atoms with Gasteiger partial charge in [0, 0.05) is 22.6 Å². The van der Waals surface area contributed by atoms with Crippen molar-refractivity contribution in [2.75, 3.05) is 12.0 Å². The van der Waals surface area contributed by atoms with Crippen molar-refractivity contribution in [1.82, 2.24) is 4.90 Å². The molecular formula is C25H20BrF9N2O4. The fourth-order valence-corrected chi connectivity index (χ4v) is 5.73. The number of amides is 2. The van der Waals surface area contributed by atoms with Gasteiger partial charge in [0.05, 0.1) is 35.5 Å². The molecule has 2 aromatic carbocycles. The van der Waals surface area contributed by atoms with Gasteiger partial charge in [-0.3, -0.25) is 9.80 Å². The highest BCUT2D eigenvalue weighted by atomic mass is 79.9. The molecule has 16 heteroatoms. The number of hydrogen-bond donors (Lipinski definition) is 1. The molecule has 4 rings (SSSR count). The van der Waals surface area contributed by atoms with Gasteiger partial charge in [-0.1, -0.05) is 0 Å². The van der Waals surface area contributed by atoms with E-state index < -0.39 is 71.6 Å². The summed E-state index contributed by atoms with van der Waals surface area (Å²) in [5.41, 5.74) is -5.66. The molecule has 1 N–H and O–H groups in total. The summed E-state index contributed by atoms with van der Waals surface area (Å²) < 4.78 is 127. The van der Waals surface area contributed by atoms with E-state index in [1.807, 2.05) is 0 Å². The highest BCUT2D eigenvalue weighted by molar-refractivity contribution is 9.10. The summed E-state index contributed by atoms with van der Waals surface area (Å²) in [7, 11) is 0.885. The van der Waals surface area contributed by atoms with Gasteiger partial charge < -0.3 is 9.84 Å². The summed E-state index contributed by atoms with van der Waals surface area (Å²) in [6.07, 6.45) is -17.2. The van der Waals surface area contributed by atoms with Crippen molar-refractivity contribution < 1.29 is 58.9 Å². The summed E-state index contributed by atoms with van der Waals surface area (Å²) in [6.45, 7) is -0.915. The molecule has 0 unspecified atom stereocenters. The molecule has 2 amide bonds. The molecule has 2 aromatic rings. The van der Waals surface area contributed by atoms with Gasteiger partial charge in [0.1, 0.15) is 0 Å². The molecular weight excluding hydrogens is 643 g/mol. The summed E-state index contributed by atoms with van der Waals surface area (Å²) in [6, 6.07) is -0.266. The Morgan fingerprint density at radius 1 is 0.927 bits per heavy atom. The predicted octanol–water partition coefficient (Wildman–Crippen LogP) is 8.48. The number of nitrogens with zero attached hydrogens (tertiary/aromatic N) is 2. The number of fused-ring (bicyclic) bond motifs is 1. The van der Waals surface area contributed by atoms with Crippen molar-refractivity contribution in [1.29, 1.82) is 0 Å². The zero-order valence-corrected chi connectivity index (χ0v) is 22.4. The quantitative estimate of drug-likeness (QED) is 0.334. The molecule has 1 fully saturated rings. The first-order valence-electron chi connectivity index (χ1n) is 11.9. The maximum absolute atomic E-state index is 13.8. The second kappa shape index (κ2) is 10.6. The number of carboxylic acid groups (broad SMARTS) is 1. The van der Waals surface area contributed by atoms with Gasteiger partial charge in [-0.15, -0.1) is 0 Å². The van der Waals surface area contributed by atoms with E-state index in [-0.39, 0.29) is 34.1 Å². The molecule has 0 saturated heterocycles. The van der Waals surface area contributed by atoms with E-state index in [9.17, 15) is 54.2 Å². The number of halogens is 10. The smallest absolute Gasteiger partial charge is 0.416 e. The van der Waals surface area contributed by atoms with Crippen LogP contribution in [0.1, 0.15) is 53.1 Å². The second-order valence-corrected chi connectivity index (χ2v) is 10.6. The van der Waals surface area contributed by atoms with Crippen LogP contribution in [-0.2, 0) is 29.8 Å². The lowest BCUT2D eigenvalue weighted by atomic mass is 9.86. The minimum Gasteiger partial charge on any atom is -0.465 e. The van der Waals surface area contributed by atoms with Crippen LogP contribution in [-0.4, -0.2) is 35.3 Å². The Hall–Kier alpha value is -3.17. The topological polar surface area (TPSA) is 70.1 Å². The lowest BCUT2D eigenvalue weighted by Gasteiger charge is -2.44. The number of hydrogen-bond acceptors (Lipinski definition) is 3. The molecule has 0 bridgehead atoms. The second-order valence-electron chi connectivity index (χ2n) is 9.71. The molecule has 2 atom stereocenters. The number of ether oxygens (including phenoxy) is 1. The van der Waals surface area contributed by atoms with Crippen LogP contribution in [0.4, 0.5) is 54.8 Å². The van der Waals surface area contributed by atoms with Crippen LogP contribution >= 0.6 is 15.9 Å². The molecule has 1 aliphatic carbocycles. The summed E-state index contributed by atoms with van der Waals surface area (Å²) in [4.78, 5) is 26.8. The van der Waals surface area contributed by atoms with Crippen molar-refractivity contribution >= 4 is 33.8 Å². The number of alkyl halides is 9. The predicted molar refractivity (Wildman–Crippen MR) is 128 cm³/mol. The van der Waals surface area contributed by atoms with E-state index in [1.54, 1.807) is 0 Å². The number of carbonyl (C=O) groups is 2. The number of anilines is 1. The molecule has 6 nitrogen and oxygen atoms in total. The van der Waals surface area contributed by atoms with Gasteiger partial charge in [0.15, 0.2) is 0 Å². The maximum atomic E-state index is 13.8. The highest BCUT2D eigenvalue weighted by Crippen LogP contribution is 2.52. The molecule has 1 saturated carbocycles. The van der Waals surface area contributed by atoms with E-state index in [0.29, 0.717) is 37.1 Å². The number of benzene rings is 2. The van der Waals surface area contributed by atoms with Gasteiger partial charge in [-0.25, -0.2) is 9.59 Å². The van der Waals surface area contributed by atoms with Gasteiger partial charge >= 0.3 is 30.7 Å². The van der Waals surface area contributed by atoms with E-state index in [1.165, 1.54) is 0 Å². The van der Waals surface area contributed by atoms with Crippen LogP contribution < -0.4 is 4.90 Å². The van der Waals surface area contributed by atoms with Gasteiger partial charge in [0.25, 0.3) is 0 Å². The average molecular weight is 663 g/mol. The van der Waals surface area contributed by atoms with Crippen molar-refractivity contribution in [2.45, 2.75) is 56.4 Å². The van der Waals surface area contributed by atoms with Crippen LogP contribution in [0.5, 0.6) is 0 Å². The van der Waals surface area contributed by atoms with Crippen molar-refractivity contribution in [3.8, 4) is 0 Å². The van der Waals surface area contributed by atoms with Crippen molar-refractivity contribution in [2.24, 2.45) is 5.92 Å². The van der Waals surface area contributed by atoms with Crippen LogP contribution in [0.15, 0.2) is 34.8 Å². The third-order valence-corrected chi connectivity index (χ3v) is 7.58. The molecule has 41 heavy (non-hydrogen) atoms. The first kappa shape index (κ1) is 30.8. The molecule has 224 valence electrons. The van der Waals surface area contributed by atoms with E-state index >= 15 is 0 Å². The van der Waals surface area contributed by atoms with Gasteiger partial charge in [-0.2, -0.15) is 39.5 Å². The third kappa shape index (κ3) is 6.36. The molecule has 2 aliphatic rings. The molecule has 1 aliphatic heterocycles. The van der Waals surface area contributed by atoms with Crippen LogP contribution in [0, 0.1) is 5.92 Å². The van der Waals surface area contributed by atoms with Gasteiger partial charge in [0.2, 0.25) is 0 Å². The Morgan fingerprint density at radius 2 is 1.44 bits per heavy atom. The van der Waals surface area contributed by atoms with E-state index in [2.05, 4.69) is 15.9 Å². The number of rotatable bonds is 4. The van der Waals surface area contributed by atoms with Crippen LogP contribution in [0.3, 0.4) is 0 Å². The summed E-state index contributed by atoms with van der Waals surface area (Å²) >= 11 is 3.00. The fourth-order valence-electron chi connectivity index (χ4n) is 5.06. The molecule has 0 radical (unpaired) electrons. The summed E-state index contributed by atoms with van der Waals surface area (Å²) in [5.74, 6) is -0.235. The fraction of sp³-hybridized carbons (Fsp3) is 0.440. The van der Waals surface area contributed by atoms with Crippen molar-refractivity contribution in [3.05, 3.63) is 62.6 Å². The highest BCUT2D eigenvalue weighted by Gasteiger charge is 2.48. The van der Waals surface area contributed by atoms with Crippen molar-refractivity contribution in [3.63, 3.8) is 0 Å². The molecule has 1 heterocycles. The van der Waals surface area contributed by atoms with Crippen LogP contribution in [0.25, 0.3) is 0 Å². The standard InChI is InChI=1S/C25H20BrF9N2O4/c1-41-22(40)36(10-11-4-13(23(27,28)29)6-14(5-11)24(30,31)32)19-9-18(12-2-3-12)37(21(38)39)20-16(19)7-15(8-17(20)26)25(33,34)35/h4-8,12,18-19H,2-3,9-10H2,1H3,(H,38,39)/t18-,19-/m1/s1. The Labute approximate surface area is 234 Å². The van der Waals surface area contributed by atoms with Crippen LogP contribution in [0.2, 0.25) is 0 Å². The Morgan fingerprint density at radius 3 is 1.88 bits per heavy atom. The summed E-state index contributed by atoms with van der Waals surface area (Å²) in [5, 5.41) is 9.98. The maximum Gasteiger partial charge on any atom is 0.416 e. The molecule has 0 aromatic heterocycles. The van der Waals surface area contributed by atoms with E-state index in [4.69, 9.17) is 4.74 Å². The zero-order chi connectivity index (χ0) is 30.7. The average Bonchev–Trinajstić information content (AvgIpc) is 3.69. The normalized spacial score (nSPS) is 19.5. The first-order valence-corrected chi connectivity index (χ1v) is 12.7. The van der Waals surface area contributed by atoms with E-state index in [0.717, 1.165) is 16.9 Å². The Bertz CT molecular complexity index is 1320.